The third kappa shape index (κ3) is 4.93. The zero-order valence-corrected chi connectivity index (χ0v) is 13.3. The molecule has 0 saturated heterocycles. The Bertz CT molecular complexity index is 537. The van der Waals surface area contributed by atoms with Crippen LogP contribution in [0, 0.1) is 5.41 Å². The van der Waals surface area contributed by atoms with E-state index in [0.29, 0.717) is 10.8 Å². The Labute approximate surface area is 129 Å². The van der Waals surface area contributed by atoms with E-state index in [1.54, 1.807) is 12.1 Å². The van der Waals surface area contributed by atoms with E-state index < -0.39 is 17.9 Å². The first kappa shape index (κ1) is 17.3. The Morgan fingerprint density at radius 3 is 2.48 bits per heavy atom. The third-order valence-corrected chi connectivity index (χ3v) is 3.37. The van der Waals surface area contributed by atoms with Gasteiger partial charge in [-0.15, -0.1) is 0 Å². The Balaban J connectivity index is 3.02. The van der Waals surface area contributed by atoms with Gasteiger partial charge in [-0.3, -0.25) is 9.59 Å². The maximum Gasteiger partial charge on any atom is 0.305 e. The van der Waals surface area contributed by atoms with Gasteiger partial charge in [-0.25, -0.2) is 0 Å². The minimum Gasteiger partial charge on any atom is -0.496 e. The van der Waals surface area contributed by atoms with Crippen LogP contribution in [0.15, 0.2) is 18.2 Å². The molecule has 1 rings (SSSR count). The molecule has 1 aromatic rings. The molecule has 0 fully saturated rings. The number of rotatable bonds is 5. The lowest BCUT2D eigenvalue weighted by molar-refractivity contribution is -0.138. The number of carboxylic acids is 1. The number of hydrogen-bond donors (Lipinski definition) is 2. The van der Waals surface area contributed by atoms with Crippen LogP contribution in [0.1, 0.15) is 37.6 Å². The molecule has 1 atom stereocenters. The van der Waals surface area contributed by atoms with Gasteiger partial charge in [0.2, 0.25) is 0 Å². The highest BCUT2D eigenvalue weighted by molar-refractivity contribution is 6.31. The van der Waals surface area contributed by atoms with Gasteiger partial charge in [0.15, 0.2) is 0 Å². The minimum absolute atomic E-state index is 0.155. The molecule has 1 aromatic carbocycles. The number of carbonyl (C=O) groups excluding carboxylic acids is 1. The highest BCUT2D eigenvalue weighted by Crippen LogP contribution is 2.25. The van der Waals surface area contributed by atoms with Crippen molar-refractivity contribution in [3.8, 4) is 5.75 Å². The van der Waals surface area contributed by atoms with E-state index in [2.05, 4.69) is 5.32 Å². The molecule has 0 aliphatic carbocycles. The molecular formula is C15H20ClNO4. The number of nitrogens with one attached hydrogen (secondary N) is 1. The normalized spacial score (nSPS) is 12.6. The van der Waals surface area contributed by atoms with Crippen LogP contribution in [0.5, 0.6) is 5.75 Å². The molecule has 0 radical (unpaired) electrons. The monoisotopic (exact) mass is 313 g/mol. The number of hydrogen-bond acceptors (Lipinski definition) is 3. The molecule has 1 amide bonds. The summed E-state index contributed by atoms with van der Waals surface area (Å²) in [7, 11) is 1.46. The van der Waals surface area contributed by atoms with Gasteiger partial charge in [0.25, 0.3) is 5.91 Å². The van der Waals surface area contributed by atoms with Crippen molar-refractivity contribution < 1.29 is 19.4 Å². The van der Waals surface area contributed by atoms with E-state index in [1.807, 2.05) is 20.8 Å². The van der Waals surface area contributed by atoms with Crippen LogP contribution in [0.25, 0.3) is 0 Å². The van der Waals surface area contributed by atoms with Gasteiger partial charge in [-0.2, -0.15) is 0 Å². The lowest BCUT2D eigenvalue weighted by Crippen LogP contribution is -2.45. The van der Waals surface area contributed by atoms with Crippen molar-refractivity contribution in [1.82, 2.24) is 5.32 Å². The number of halogens is 1. The predicted molar refractivity (Wildman–Crippen MR) is 81.0 cm³/mol. The maximum atomic E-state index is 12.4. The van der Waals surface area contributed by atoms with Crippen molar-refractivity contribution in [1.29, 1.82) is 0 Å². The third-order valence-electron chi connectivity index (χ3n) is 3.14. The van der Waals surface area contributed by atoms with Crippen molar-refractivity contribution in [3.05, 3.63) is 28.8 Å². The zero-order chi connectivity index (χ0) is 16.2. The second kappa shape index (κ2) is 6.80. The van der Waals surface area contributed by atoms with Gasteiger partial charge in [0, 0.05) is 11.1 Å². The minimum atomic E-state index is -0.965. The first-order chi connectivity index (χ1) is 9.65. The molecule has 0 aromatic heterocycles. The Kier molecular flexibility index (Phi) is 5.61. The zero-order valence-electron chi connectivity index (χ0n) is 12.6. The summed E-state index contributed by atoms with van der Waals surface area (Å²) >= 11 is 5.90. The lowest BCUT2D eigenvalue weighted by Gasteiger charge is -2.30. The summed E-state index contributed by atoms with van der Waals surface area (Å²) < 4.78 is 5.13. The van der Waals surface area contributed by atoms with E-state index in [-0.39, 0.29) is 17.4 Å². The summed E-state index contributed by atoms with van der Waals surface area (Å²) in [5.41, 5.74) is -0.107. The highest BCUT2D eigenvalue weighted by Gasteiger charge is 2.29. The number of methoxy groups -OCH3 is 1. The largest absolute Gasteiger partial charge is 0.496 e. The fraction of sp³-hybridized carbons (Fsp3) is 0.467. The standard InChI is InChI=1S/C15H20ClNO4/c1-15(2,3)12(8-13(18)19)17-14(20)10-7-9(16)5-6-11(10)21-4/h5-7,12H,8H2,1-4H3,(H,17,20)(H,18,19). The molecule has 0 heterocycles. The molecule has 5 nitrogen and oxygen atoms in total. The molecule has 116 valence electrons. The molecule has 0 spiro atoms. The lowest BCUT2D eigenvalue weighted by atomic mass is 9.84. The van der Waals surface area contributed by atoms with Crippen LogP contribution >= 0.6 is 11.6 Å². The first-order valence-electron chi connectivity index (χ1n) is 6.51. The van der Waals surface area contributed by atoms with Crippen molar-refractivity contribution in [2.75, 3.05) is 7.11 Å². The fourth-order valence-corrected chi connectivity index (χ4v) is 2.01. The Hall–Kier alpha value is -1.75. The molecule has 21 heavy (non-hydrogen) atoms. The fourth-order valence-electron chi connectivity index (χ4n) is 1.84. The average molecular weight is 314 g/mol. The summed E-state index contributed by atoms with van der Waals surface area (Å²) in [6.07, 6.45) is -0.155. The molecule has 6 heteroatoms. The summed E-state index contributed by atoms with van der Waals surface area (Å²) in [6.45, 7) is 5.61. The van der Waals surface area contributed by atoms with E-state index in [9.17, 15) is 9.59 Å². The molecular weight excluding hydrogens is 294 g/mol. The van der Waals surface area contributed by atoms with E-state index in [1.165, 1.54) is 13.2 Å². The number of benzene rings is 1. The number of carbonyl (C=O) groups is 2. The molecule has 0 aliphatic heterocycles. The Morgan fingerprint density at radius 1 is 1.38 bits per heavy atom. The number of carboxylic acid groups (broad SMARTS) is 1. The van der Waals surface area contributed by atoms with Crippen LogP contribution in [0.3, 0.4) is 0 Å². The second-order valence-electron chi connectivity index (χ2n) is 5.83. The van der Waals surface area contributed by atoms with Gasteiger partial charge >= 0.3 is 5.97 Å². The number of aliphatic carboxylic acids is 1. The molecule has 0 aliphatic rings. The van der Waals surface area contributed by atoms with Gasteiger partial charge in [-0.05, 0) is 23.6 Å². The quantitative estimate of drug-likeness (QED) is 0.876. The number of ether oxygens (including phenoxy) is 1. The van der Waals surface area contributed by atoms with Crippen molar-refractivity contribution in [2.45, 2.75) is 33.2 Å². The van der Waals surface area contributed by atoms with Gasteiger partial charge < -0.3 is 15.2 Å². The highest BCUT2D eigenvalue weighted by atomic mass is 35.5. The molecule has 1 unspecified atom stereocenters. The first-order valence-corrected chi connectivity index (χ1v) is 6.89. The van der Waals surface area contributed by atoms with Crippen molar-refractivity contribution >= 4 is 23.5 Å². The SMILES string of the molecule is COc1ccc(Cl)cc1C(=O)NC(CC(=O)O)C(C)(C)C. The van der Waals surface area contributed by atoms with Gasteiger partial charge in [0.05, 0.1) is 19.1 Å². The molecule has 0 saturated carbocycles. The predicted octanol–water partition coefficient (Wildman–Crippen LogP) is 2.97. The number of amides is 1. The molecule has 0 bridgehead atoms. The van der Waals surface area contributed by atoms with Gasteiger partial charge in [-0.1, -0.05) is 32.4 Å². The average Bonchev–Trinajstić information content (AvgIpc) is 2.36. The summed E-state index contributed by atoms with van der Waals surface area (Å²) in [5, 5.41) is 12.1. The van der Waals surface area contributed by atoms with Crippen molar-refractivity contribution in [2.24, 2.45) is 5.41 Å². The van der Waals surface area contributed by atoms with E-state index in [0.717, 1.165) is 0 Å². The van der Waals surface area contributed by atoms with E-state index in [4.69, 9.17) is 21.4 Å². The Morgan fingerprint density at radius 2 is 2.00 bits per heavy atom. The van der Waals surface area contributed by atoms with Crippen LogP contribution in [0.2, 0.25) is 5.02 Å². The summed E-state index contributed by atoms with van der Waals surface area (Å²) in [5.74, 6) is -0.983. The summed E-state index contributed by atoms with van der Waals surface area (Å²) in [4.78, 5) is 23.3. The smallest absolute Gasteiger partial charge is 0.305 e. The second-order valence-corrected chi connectivity index (χ2v) is 6.27. The van der Waals surface area contributed by atoms with E-state index >= 15 is 0 Å². The molecule has 2 N–H and O–H groups in total. The van der Waals surface area contributed by atoms with Crippen LogP contribution in [-0.4, -0.2) is 30.1 Å². The topological polar surface area (TPSA) is 75.6 Å². The van der Waals surface area contributed by atoms with Crippen LogP contribution in [0.4, 0.5) is 0 Å². The summed E-state index contributed by atoms with van der Waals surface area (Å²) in [6, 6.07) is 4.21. The van der Waals surface area contributed by atoms with Crippen molar-refractivity contribution in [3.63, 3.8) is 0 Å². The van der Waals surface area contributed by atoms with Gasteiger partial charge in [0.1, 0.15) is 5.75 Å². The maximum absolute atomic E-state index is 12.4. The van der Waals surface area contributed by atoms with Crippen LogP contribution in [-0.2, 0) is 4.79 Å². The van der Waals surface area contributed by atoms with Crippen LogP contribution < -0.4 is 10.1 Å².